The topological polar surface area (TPSA) is 17.1 Å². The number of rotatable bonds is 5. The largest absolute Gasteiger partial charge is 0.299 e. The van der Waals surface area contributed by atoms with Crippen LogP contribution in [0.3, 0.4) is 0 Å². The average Bonchev–Trinajstić information content (AvgIpc) is 2.40. The van der Waals surface area contributed by atoms with Crippen LogP contribution in [0.2, 0.25) is 5.02 Å². The number of ketones is 1. The van der Waals surface area contributed by atoms with Crippen LogP contribution in [0.15, 0.2) is 42.5 Å². The van der Waals surface area contributed by atoms with E-state index in [0.717, 1.165) is 17.5 Å². The van der Waals surface area contributed by atoms with Gasteiger partial charge in [0.2, 0.25) is 0 Å². The second kappa shape index (κ2) is 6.71. The highest BCUT2D eigenvalue weighted by Crippen LogP contribution is 2.19. The Hall–Kier alpha value is -1.60. The fraction of sp³-hybridized carbons (Fsp3) is 0.278. The van der Waals surface area contributed by atoms with Crippen molar-refractivity contribution in [3.05, 3.63) is 69.7 Å². The first-order chi connectivity index (χ1) is 9.54. The molecular weight excluding hydrogens is 268 g/mol. The molecule has 2 aromatic carbocycles. The molecule has 0 spiro atoms. The van der Waals surface area contributed by atoms with Gasteiger partial charge in [0.1, 0.15) is 5.78 Å². The van der Waals surface area contributed by atoms with Crippen molar-refractivity contribution in [3.8, 4) is 0 Å². The van der Waals surface area contributed by atoms with Crippen molar-refractivity contribution < 1.29 is 4.79 Å². The molecule has 0 N–H and O–H groups in total. The first-order valence-electron chi connectivity index (χ1n) is 6.87. The molecule has 0 heterocycles. The summed E-state index contributed by atoms with van der Waals surface area (Å²) in [6.07, 6.45) is 1.78. The van der Waals surface area contributed by atoms with Crippen molar-refractivity contribution >= 4 is 17.4 Å². The molecule has 0 bridgehead atoms. The van der Waals surface area contributed by atoms with Gasteiger partial charge in [-0.1, -0.05) is 53.6 Å². The number of carbonyl (C=O) groups is 1. The Labute approximate surface area is 125 Å². The number of hydrogen-bond acceptors (Lipinski definition) is 1. The molecule has 2 aromatic rings. The Balaban J connectivity index is 1.92. The van der Waals surface area contributed by atoms with Crippen molar-refractivity contribution in [2.45, 2.75) is 33.1 Å². The highest BCUT2D eigenvalue weighted by Gasteiger charge is 2.08. The summed E-state index contributed by atoms with van der Waals surface area (Å²) in [7, 11) is 0. The summed E-state index contributed by atoms with van der Waals surface area (Å²) in [5, 5.41) is 0.689. The first-order valence-corrected chi connectivity index (χ1v) is 7.24. The standard InChI is InChI=1S/C18H19ClO/c1-13-4-3-5-15(10-13)7-9-17(20)12-16-8-6-14(2)11-18(16)19/h3-6,8,10-11H,7,9,12H2,1-2H3. The third-order valence-corrected chi connectivity index (χ3v) is 3.72. The van der Waals surface area contributed by atoms with E-state index in [4.69, 9.17) is 11.6 Å². The van der Waals surface area contributed by atoms with Crippen LogP contribution < -0.4 is 0 Å². The zero-order valence-corrected chi connectivity index (χ0v) is 12.7. The number of hydrogen-bond donors (Lipinski definition) is 0. The summed E-state index contributed by atoms with van der Waals surface area (Å²) in [6, 6.07) is 14.1. The van der Waals surface area contributed by atoms with Crippen LogP contribution in [0.4, 0.5) is 0 Å². The second-order valence-electron chi connectivity index (χ2n) is 5.30. The molecule has 1 nitrogen and oxygen atoms in total. The number of benzene rings is 2. The number of aryl methyl sites for hydroxylation is 3. The highest BCUT2D eigenvalue weighted by atomic mass is 35.5. The predicted octanol–water partition coefficient (Wildman–Crippen LogP) is 4.70. The molecule has 0 saturated heterocycles. The van der Waals surface area contributed by atoms with Gasteiger partial charge < -0.3 is 0 Å². The van der Waals surface area contributed by atoms with Gasteiger partial charge in [-0.15, -0.1) is 0 Å². The maximum absolute atomic E-state index is 12.0. The van der Waals surface area contributed by atoms with Crippen molar-refractivity contribution in [2.24, 2.45) is 0 Å². The number of carbonyl (C=O) groups excluding carboxylic acids is 1. The zero-order chi connectivity index (χ0) is 14.5. The van der Waals surface area contributed by atoms with Crippen molar-refractivity contribution in [2.75, 3.05) is 0 Å². The molecule has 0 amide bonds. The zero-order valence-electron chi connectivity index (χ0n) is 11.9. The normalized spacial score (nSPS) is 10.6. The van der Waals surface area contributed by atoms with Crippen LogP contribution in [0.25, 0.3) is 0 Å². The van der Waals surface area contributed by atoms with Crippen LogP contribution in [0, 0.1) is 13.8 Å². The Kier molecular flexibility index (Phi) is 4.97. The molecular formula is C18H19ClO. The van der Waals surface area contributed by atoms with Crippen LogP contribution in [0.1, 0.15) is 28.7 Å². The Morgan fingerprint density at radius 2 is 1.80 bits per heavy atom. The van der Waals surface area contributed by atoms with E-state index in [9.17, 15) is 4.79 Å². The monoisotopic (exact) mass is 286 g/mol. The molecule has 0 unspecified atom stereocenters. The smallest absolute Gasteiger partial charge is 0.137 e. The highest BCUT2D eigenvalue weighted by molar-refractivity contribution is 6.31. The Morgan fingerprint density at radius 1 is 1.05 bits per heavy atom. The lowest BCUT2D eigenvalue weighted by atomic mass is 10.0. The Bertz CT molecular complexity index is 617. The molecule has 104 valence electrons. The van der Waals surface area contributed by atoms with Gasteiger partial charge in [-0.25, -0.2) is 0 Å². The lowest BCUT2D eigenvalue weighted by Crippen LogP contribution is -2.05. The molecule has 0 aliphatic carbocycles. The Morgan fingerprint density at radius 3 is 2.50 bits per heavy atom. The molecule has 0 saturated carbocycles. The summed E-state index contributed by atoms with van der Waals surface area (Å²) in [5.74, 6) is 0.234. The lowest BCUT2D eigenvalue weighted by molar-refractivity contribution is -0.118. The second-order valence-corrected chi connectivity index (χ2v) is 5.71. The fourth-order valence-electron chi connectivity index (χ4n) is 2.25. The maximum atomic E-state index is 12.0. The molecule has 0 radical (unpaired) electrons. The first kappa shape index (κ1) is 14.8. The fourth-order valence-corrected chi connectivity index (χ4v) is 2.55. The van der Waals surface area contributed by atoms with Gasteiger partial charge in [0.05, 0.1) is 0 Å². The van der Waals surface area contributed by atoms with Gasteiger partial charge in [0, 0.05) is 17.9 Å². The molecule has 0 aliphatic rings. The van der Waals surface area contributed by atoms with Gasteiger partial charge in [-0.05, 0) is 43.0 Å². The van der Waals surface area contributed by atoms with Gasteiger partial charge in [0.25, 0.3) is 0 Å². The molecule has 0 atom stereocenters. The van der Waals surface area contributed by atoms with Crippen molar-refractivity contribution in [1.82, 2.24) is 0 Å². The van der Waals surface area contributed by atoms with Gasteiger partial charge in [-0.2, -0.15) is 0 Å². The van der Waals surface area contributed by atoms with E-state index in [1.807, 2.05) is 31.2 Å². The van der Waals surface area contributed by atoms with E-state index >= 15 is 0 Å². The minimum Gasteiger partial charge on any atom is -0.299 e. The van der Waals surface area contributed by atoms with E-state index in [1.165, 1.54) is 11.1 Å². The summed E-state index contributed by atoms with van der Waals surface area (Å²) >= 11 is 6.16. The minimum atomic E-state index is 0.234. The third-order valence-electron chi connectivity index (χ3n) is 3.37. The van der Waals surface area contributed by atoms with Crippen LogP contribution in [-0.2, 0) is 17.6 Å². The minimum absolute atomic E-state index is 0.234. The van der Waals surface area contributed by atoms with E-state index in [0.29, 0.717) is 17.9 Å². The summed E-state index contributed by atoms with van der Waals surface area (Å²) in [4.78, 5) is 12.0. The maximum Gasteiger partial charge on any atom is 0.137 e. The van der Waals surface area contributed by atoms with Crippen LogP contribution >= 0.6 is 11.6 Å². The van der Waals surface area contributed by atoms with Gasteiger partial charge in [-0.3, -0.25) is 4.79 Å². The molecule has 0 aliphatic heterocycles. The number of halogens is 1. The van der Waals surface area contributed by atoms with E-state index < -0.39 is 0 Å². The average molecular weight is 287 g/mol. The van der Waals surface area contributed by atoms with Crippen LogP contribution in [-0.4, -0.2) is 5.78 Å². The lowest BCUT2D eigenvalue weighted by Gasteiger charge is -2.06. The molecule has 0 fully saturated rings. The molecule has 2 rings (SSSR count). The van der Waals surface area contributed by atoms with Crippen molar-refractivity contribution in [3.63, 3.8) is 0 Å². The molecule has 0 aromatic heterocycles. The van der Waals surface area contributed by atoms with E-state index in [2.05, 4.69) is 25.1 Å². The van der Waals surface area contributed by atoms with E-state index in [-0.39, 0.29) is 5.78 Å². The molecule has 2 heteroatoms. The summed E-state index contributed by atoms with van der Waals surface area (Å²) in [5.41, 5.74) is 4.49. The van der Waals surface area contributed by atoms with Gasteiger partial charge >= 0.3 is 0 Å². The quantitative estimate of drug-likeness (QED) is 0.778. The summed E-state index contributed by atoms with van der Waals surface area (Å²) in [6.45, 7) is 4.06. The summed E-state index contributed by atoms with van der Waals surface area (Å²) < 4.78 is 0. The van der Waals surface area contributed by atoms with Crippen molar-refractivity contribution in [1.29, 1.82) is 0 Å². The van der Waals surface area contributed by atoms with E-state index in [1.54, 1.807) is 0 Å². The molecule has 20 heavy (non-hydrogen) atoms. The van der Waals surface area contributed by atoms with Crippen LogP contribution in [0.5, 0.6) is 0 Å². The third kappa shape index (κ3) is 4.21. The SMILES string of the molecule is Cc1cccc(CCC(=O)Cc2ccc(C)cc2Cl)c1. The number of Topliss-reactive ketones (excluding diaryl/α,β-unsaturated/α-hetero) is 1. The van der Waals surface area contributed by atoms with Gasteiger partial charge in [0.15, 0.2) is 0 Å². The predicted molar refractivity (Wildman–Crippen MR) is 84.4 cm³/mol.